The third-order valence-corrected chi connectivity index (χ3v) is 5.03. The van der Waals surface area contributed by atoms with Crippen molar-refractivity contribution in [2.45, 2.75) is 13.3 Å². The second kappa shape index (κ2) is 6.99. The Morgan fingerprint density at radius 1 is 1.04 bits per heavy atom. The molecule has 4 heteroatoms. The van der Waals surface area contributed by atoms with Gasteiger partial charge in [-0.2, -0.15) is 11.3 Å². The molecule has 116 valence electrons. The van der Waals surface area contributed by atoms with Crippen molar-refractivity contribution in [3.8, 4) is 0 Å². The van der Waals surface area contributed by atoms with Crippen LogP contribution >= 0.6 is 22.9 Å². The number of carbonyl (C=O) groups is 1. The fourth-order valence-corrected chi connectivity index (χ4v) is 3.50. The molecule has 1 N–H and O–H groups in total. The minimum atomic E-state index is 0.652. The maximum atomic E-state index is 11.1. The molecule has 23 heavy (non-hydrogen) atoms. The highest BCUT2D eigenvalue weighted by molar-refractivity contribution is 7.08. The fraction of sp³-hybridized carbons (Fsp3) is 0.105. The van der Waals surface area contributed by atoms with Gasteiger partial charge < -0.3 is 5.32 Å². The number of aryl methyl sites for hydroxylation is 1. The molecule has 0 unspecified atom stereocenters. The molecule has 0 bridgehead atoms. The summed E-state index contributed by atoms with van der Waals surface area (Å²) in [5, 5.41) is 7.95. The third-order valence-electron chi connectivity index (χ3n) is 3.78. The van der Waals surface area contributed by atoms with Crippen LogP contribution in [0.4, 0.5) is 11.4 Å². The largest absolute Gasteiger partial charge is 0.354 e. The average Bonchev–Trinajstić information content (AvgIpc) is 3.00. The summed E-state index contributed by atoms with van der Waals surface area (Å²) in [7, 11) is 0. The lowest BCUT2D eigenvalue weighted by Gasteiger charge is -2.13. The van der Waals surface area contributed by atoms with Gasteiger partial charge in [-0.05, 0) is 41.1 Å². The number of thiophene rings is 1. The monoisotopic (exact) mass is 341 g/mol. The fourth-order valence-electron chi connectivity index (χ4n) is 2.46. The van der Waals surface area contributed by atoms with Crippen LogP contribution in [0, 0.1) is 6.92 Å². The minimum absolute atomic E-state index is 0.652. The Hall–Kier alpha value is -2.10. The van der Waals surface area contributed by atoms with Crippen LogP contribution in [-0.4, -0.2) is 6.29 Å². The normalized spacial score (nSPS) is 10.5. The number of halogens is 1. The average molecular weight is 342 g/mol. The molecule has 0 amide bonds. The number of hydrogen-bond donors (Lipinski definition) is 1. The van der Waals surface area contributed by atoms with E-state index in [4.69, 9.17) is 11.6 Å². The van der Waals surface area contributed by atoms with Gasteiger partial charge >= 0.3 is 0 Å². The first-order valence-corrected chi connectivity index (χ1v) is 8.61. The summed E-state index contributed by atoms with van der Waals surface area (Å²) in [6.45, 7) is 2.06. The first kappa shape index (κ1) is 15.8. The van der Waals surface area contributed by atoms with E-state index in [9.17, 15) is 4.79 Å². The Labute approximate surface area is 144 Å². The van der Waals surface area contributed by atoms with Crippen molar-refractivity contribution in [1.29, 1.82) is 0 Å². The van der Waals surface area contributed by atoms with Crippen LogP contribution in [0.25, 0.3) is 0 Å². The molecule has 0 aliphatic heterocycles. The van der Waals surface area contributed by atoms with Gasteiger partial charge in [-0.25, -0.2) is 0 Å². The zero-order valence-corrected chi connectivity index (χ0v) is 14.2. The SMILES string of the molecule is Cc1ccccc1Nc1cccc(Cc2cscc2C=O)c1Cl. The zero-order valence-electron chi connectivity index (χ0n) is 12.7. The topological polar surface area (TPSA) is 29.1 Å². The Kier molecular flexibility index (Phi) is 4.79. The second-order valence-corrected chi connectivity index (χ2v) is 6.49. The van der Waals surface area contributed by atoms with Crippen molar-refractivity contribution in [2.24, 2.45) is 0 Å². The lowest BCUT2D eigenvalue weighted by atomic mass is 10.0. The van der Waals surface area contributed by atoms with E-state index in [0.29, 0.717) is 11.4 Å². The molecule has 0 aliphatic rings. The first-order chi connectivity index (χ1) is 11.2. The van der Waals surface area contributed by atoms with Crippen LogP contribution in [0.3, 0.4) is 0 Å². The van der Waals surface area contributed by atoms with Crippen molar-refractivity contribution in [3.63, 3.8) is 0 Å². The molecule has 0 aliphatic carbocycles. The maximum Gasteiger partial charge on any atom is 0.151 e. The van der Waals surface area contributed by atoms with Gasteiger partial charge in [0.2, 0.25) is 0 Å². The molecule has 2 nitrogen and oxygen atoms in total. The highest BCUT2D eigenvalue weighted by atomic mass is 35.5. The molecule has 0 atom stereocenters. The molecule has 1 heterocycles. The molecule has 0 saturated heterocycles. The summed E-state index contributed by atoms with van der Waals surface area (Å²) in [5.41, 5.74) is 5.84. The molecular weight excluding hydrogens is 326 g/mol. The number of rotatable bonds is 5. The smallest absolute Gasteiger partial charge is 0.151 e. The van der Waals surface area contributed by atoms with Crippen molar-refractivity contribution < 1.29 is 4.79 Å². The summed E-state index contributed by atoms with van der Waals surface area (Å²) in [6.07, 6.45) is 1.55. The summed E-state index contributed by atoms with van der Waals surface area (Å²) >= 11 is 8.11. The lowest BCUT2D eigenvalue weighted by Crippen LogP contribution is -1.97. The molecule has 3 aromatic rings. The maximum absolute atomic E-state index is 11.1. The highest BCUT2D eigenvalue weighted by Gasteiger charge is 2.10. The number of nitrogens with one attached hydrogen (secondary N) is 1. The zero-order chi connectivity index (χ0) is 16.2. The second-order valence-electron chi connectivity index (χ2n) is 5.37. The van der Waals surface area contributed by atoms with E-state index in [0.717, 1.165) is 39.9 Å². The van der Waals surface area contributed by atoms with Gasteiger partial charge in [0.05, 0.1) is 10.7 Å². The van der Waals surface area contributed by atoms with Crippen LogP contribution < -0.4 is 5.32 Å². The van der Waals surface area contributed by atoms with Crippen LogP contribution in [0.15, 0.2) is 53.2 Å². The van der Waals surface area contributed by atoms with Gasteiger partial charge in [0, 0.05) is 23.1 Å². The molecule has 0 radical (unpaired) electrons. The van der Waals surface area contributed by atoms with Gasteiger partial charge in [0.1, 0.15) is 0 Å². The number of hydrogen-bond acceptors (Lipinski definition) is 3. The van der Waals surface area contributed by atoms with Gasteiger partial charge in [0.15, 0.2) is 6.29 Å². The van der Waals surface area contributed by atoms with E-state index in [1.807, 2.05) is 47.2 Å². The van der Waals surface area contributed by atoms with E-state index in [1.165, 1.54) is 11.3 Å². The van der Waals surface area contributed by atoms with E-state index >= 15 is 0 Å². The van der Waals surface area contributed by atoms with E-state index < -0.39 is 0 Å². The van der Waals surface area contributed by atoms with Gasteiger partial charge in [-0.1, -0.05) is 41.9 Å². The van der Waals surface area contributed by atoms with Gasteiger partial charge in [-0.15, -0.1) is 0 Å². The first-order valence-electron chi connectivity index (χ1n) is 7.29. The summed E-state index contributed by atoms with van der Waals surface area (Å²) in [5.74, 6) is 0. The molecule has 0 spiro atoms. The summed E-state index contributed by atoms with van der Waals surface area (Å²) in [6, 6.07) is 14.0. The standard InChI is InChI=1S/C19H16ClNOS/c1-13-5-2-3-7-17(13)21-18-8-4-6-14(19(18)20)9-15-11-23-12-16(15)10-22/h2-8,10-12,21H,9H2,1H3. The number of benzene rings is 2. The summed E-state index contributed by atoms with van der Waals surface area (Å²) < 4.78 is 0. The van der Waals surface area contributed by atoms with Crippen molar-refractivity contribution in [3.05, 3.63) is 80.5 Å². The number of para-hydroxylation sites is 1. The molecule has 2 aromatic carbocycles. The number of anilines is 2. The van der Waals surface area contributed by atoms with Gasteiger partial charge in [-0.3, -0.25) is 4.79 Å². The van der Waals surface area contributed by atoms with E-state index in [-0.39, 0.29) is 0 Å². The molecule has 3 rings (SSSR count). The van der Waals surface area contributed by atoms with Crippen molar-refractivity contribution in [2.75, 3.05) is 5.32 Å². The van der Waals surface area contributed by atoms with E-state index in [2.05, 4.69) is 18.3 Å². The Bertz CT molecular complexity index is 841. The van der Waals surface area contributed by atoms with E-state index in [1.54, 1.807) is 0 Å². The Morgan fingerprint density at radius 2 is 1.83 bits per heavy atom. The summed E-state index contributed by atoms with van der Waals surface area (Å²) in [4.78, 5) is 11.1. The van der Waals surface area contributed by atoms with Crippen molar-refractivity contribution >= 4 is 40.6 Å². The van der Waals surface area contributed by atoms with Crippen LogP contribution in [0.1, 0.15) is 27.0 Å². The molecule has 0 fully saturated rings. The number of aldehydes is 1. The Balaban J connectivity index is 1.89. The molecular formula is C19H16ClNOS. The quantitative estimate of drug-likeness (QED) is 0.589. The number of carbonyl (C=O) groups excluding carboxylic acids is 1. The minimum Gasteiger partial charge on any atom is -0.354 e. The molecule has 0 saturated carbocycles. The van der Waals surface area contributed by atoms with Crippen molar-refractivity contribution in [1.82, 2.24) is 0 Å². The lowest BCUT2D eigenvalue weighted by molar-refractivity contribution is 0.112. The Morgan fingerprint density at radius 3 is 2.61 bits per heavy atom. The van der Waals surface area contributed by atoms with Crippen LogP contribution in [-0.2, 0) is 6.42 Å². The van der Waals surface area contributed by atoms with Crippen LogP contribution in [0.5, 0.6) is 0 Å². The van der Waals surface area contributed by atoms with Crippen LogP contribution in [0.2, 0.25) is 5.02 Å². The molecule has 1 aromatic heterocycles. The predicted molar refractivity (Wildman–Crippen MR) is 98.4 cm³/mol. The highest BCUT2D eigenvalue weighted by Crippen LogP contribution is 2.32. The third kappa shape index (κ3) is 3.46. The van der Waals surface area contributed by atoms with Gasteiger partial charge in [0.25, 0.3) is 0 Å². The predicted octanol–water partition coefficient (Wildman–Crippen LogP) is 5.86.